The van der Waals surface area contributed by atoms with Crippen LogP contribution in [0.15, 0.2) is 23.8 Å². The maximum atomic E-state index is 4.44. The molecule has 0 fully saturated rings. The Balaban J connectivity index is 2.31. The Morgan fingerprint density at radius 1 is 1.44 bits per heavy atom. The lowest BCUT2D eigenvalue weighted by Gasteiger charge is -2.19. The summed E-state index contributed by atoms with van der Waals surface area (Å²) in [4.78, 5) is 5.73. The molecule has 0 aliphatic heterocycles. The SMILES string of the molecule is CCCNC(c1cccs1)c1ncnn1C(C)C. The molecular formula is C13H20N4S. The number of hydrogen-bond donors (Lipinski definition) is 1. The first-order valence-electron chi connectivity index (χ1n) is 6.40. The van der Waals surface area contributed by atoms with Gasteiger partial charge in [-0.25, -0.2) is 9.67 Å². The quantitative estimate of drug-likeness (QED) is 0.872. The van der Waals surface area contributed by atoms with Crippen LogP contribution in [0.3, 0.4) is 0 Å². The van der Waals surface area contributed by atoms with E-state index in [1.54, 1.807) is 17.7 Å². The van der Waals surface area contributed by atoms with E-state index in [9.17, 15) is 0 Å². The highest BCUT2D eigenvalue weighted by atomic mass is 32.1. The van der Waals surface area contributed by atoms with Crippen LogP contribution in [0.2, 0.25) is 0 Å². The van der Waals surface area contributed by atoms with Crippen LogP contribution in [-0.2, 0) is 0 Å². The molecule has 18 heavy (non-hydrogen) atoms. The summed E-state index contributed by atoms with van der Waals surface area (Å²) in [5.74, 6) is 1.00. The second kappa shape index (κ2) is 6.11. The van der Waals surface area contributed by atoms with Crippen molar-refractivity contribution in [1.29, 1.82) is 0 Å². The molecule has 0 spiro atoms. The minimum Gasteiger partial charge on any atom is -0.303 e. The normalized spacial score (nSPS) is 13.1. The molecule has 2 rings (SSSR count). The van der Waals surface area contributed by atoms with Gasteiger partial charge in [0.05, 0.1) is 0 Å². The molecule has 0 aliphatic rings. The Kier molecular flexibility index (Phi) is 4.49. The van der Waals surface area contributed by atoms with Crippen LogP contribution in [0.4, 0.5) is 0 Å². The van der Waals surface area contributed by atoms with Gasteiger partial charge in [0.1, 0.15) is 18.2 Å². The second-order valence-corrected chi connectivity index (χ2v) is 5.54. The van der Waals surface area contributed by atoms with Crippen molar-refractivity contribution in [3.8, 4) is 0 Å². The molecule has 1 atom stereocenters. The number of rotatable bonds is 6. The Morgan fingerprint density at radius 3 is 2.89 bits per heavy atom. The maximum Gasteiger partial charge on any atom is 0.149 e. The van der Waals surface area contributed by atoms with E-state index in [4.69, 9.17) is 0 Å². The van der Waals surface area contributed by atoms with Gasteiger partial charge in [-0.15, -0.1) is 11.3 Å². The van der Waals surface area contributed by atoms with Crippen molar-refractivity contribution in [3.05, 3.63) is 34.5 Å². The largest absolute Gasteiger partial charge is 0.303 e. The van der Waals surface area contributed by atoms with E-state index in [-0.39, 0.29) is 6.04 Å². The summed E-state index contributed by atoms with van der Waals surface area (Å²) in [7, 11) is 0. The lowest BCUT2D eigenvalue weighted by atomic mass is 10.2. The number of aromatic nitrogens is 3. The third-order valence-corrected chi connectivity index (χ3v) is 3.71. The van der Waals surface area contributed by atoms with Crippen molar-refractivity contribution in [2.75, 3.05) is 6.54 Å². The van der Waals surface area contributed by atoms with E-state index in [1.165, 1.54) is 4.88 Å². The molecule has 0 saturated heterocycles. The summed E-state index contributed by atoms with van der Waals surface area (Å²) in [6.45, 7) is 7.41. The molecule has 0 bridgehead atoms. The molecule has 1 unspecified atom stereocenters. The van der Waals surface area contributed by atoms with Gasteiger partial charge < -0.3 is 5.32 Å². The Morgan fingerprint density at radius 2 is 2.28 bits per heavy atom. The summed E-state index contributed by atoms with van der Waals surface area (Å²) < 4.78 is 1.99. The lowest BCUT2D eigenvalue weighted by molar-refractivity contribution is 0.467. The van der Waals surface area contributed by atoms with Crippen LogP contribution < -0.4 is 5.32 Å². The van der Waals surface area contributed by atoms with Crippen LogP contribution in [0.25, 0.3) is 0 Å². The molecule has 0 aromatic carbocycles. The zero-order valence-electron chi connectivity index (χ0n) is 11.1. The predicted octanol–water partition coefficient (Wildman–Crippen LogP) is 3.01. The van der Waals surface area contributed by atoms with Gasteiger partial charge in [0.15, 0.2) is 0 Å². The number of nitrogens with zero attached hydrogens (tertiary/aromatic N) is 3. The average molecular weight is 264 g/mol. The third kappa shape index (κ3) is 2.79. The van der Waals surface area contributed by atoms with Crippen LogP contribution in [0.1, 0.15) is 50.0 Å². The summed E-state index contributed by atoms with van der Waals surface area (Å²) in [5, 5.41) is 9.98. The molecule has 2 aromatic heterocycles. The summed E-state index contributed by atoms with van der Waals surface area (Å²) in [6, 6.07) is 4.71. The average Bonchev–Trinajstić information content (AvgIpc) is 3.00. The van der Waals surface area contributed by atoms with Crippen molar-refractivity contribution in [2.24, 2.45) is 0 Å². The highest BCUT2D eigenvalue weighted by Crippen LogP contribution is 2.25. The van der Waals surface area contributed by atoms with Gasteiger partial charge in [-0.2, -0.15) is 5.10 Å². The van der Waals surface area contributed by atoms with Gasteiger partial charge in [0.2, 0.25) is 0 Å². The van der Waals surface area contributed by atoms with E-state index < -0.39 is 0 Å². The fraction of sp³-hybridized carbons (Fsp3) is 0.538. The van der Waals surface area contributed by atoms with Crippen LogP contribution in [0, 0.1) is 0 Å². The van der Waals surface area contributed by atoms with Crippen LogP contribution in [0.5, 0.6) is 0 Å². The molecule has 98 valence electrons. The topological polar surface area (TPSA) is 42.7 Å². The first-order valence-corrected chi connectivity index (χ1v) is 7.28. The van der Waals surface area contributed by atoms with E-state index >= 15 is 0 Å². The lowest BCUT2D eigenvalue weighted by Crippen LogP contribution is -2.26. The molecule has 2 aromatic rings. The summed E-state index contributed by atoms with van der Waals surface area (Å²) in [5.41, 5.74) is 0. The monoisotopic (exact) mass is 264 g/mol. The zero-order valence-corrected chi connectivity index (χ0v) is 11.9. The smallest absolute Gasteiger partial charge is 0.149 e. The van der Waals surface area contributed by atoms with Crippen molar-refractivity contribution >= 4 is 11.3 Å². The van der Waals surface area contributed by atoms with Crippen molar-refractivity contribution in [3.63, 3.8) is 0 Å². The number of nitrogens with one attached hydrogen (secondary N) is 1. The van der Waals surface area contributed by atoms with Crippen LogP contribution in [-0.4, -0.2) is 21.3 Å². The first-order chi connectivity index (χ1) is 8.74. The Labute approximate surface area is 112 Å². The first kappa shape index (κ1) is 13.2. The standard InChI is InChI=1S/C13H20N4S/c1-4-7-14-12(11-6-5-8-18-11)13-15-9-16-17(13)10(2)3/h5-6,8-10,12,14H,4,7H2,1-3H3. The minimum absolute atomic E-state index is 0.148. The molecule has 1 N–H and O–H groups in total. The third-order valence-electron chi connectivity index (χ3n) is 2.77. The molecule has 0 saturated carbocycles. The molecule has 2 heterocycles. The molecular weight excluding hydrogens is 244 g/mol. The second-order valence-electron chi connectivity index (χ2n) is 4.56. The number of hydrogen-bond acceptors (Lipinski definition) is 4. The highest BCUT2D eigenvalue weighted by molar-refractivity contribution is 7.10. The van der Waals surface area contributed by atoms with Gasteiger partial charge in [-0.05, 0) is 38.3 Å². The van der Waals surface area contributed by atoms with E-state index in [2.05, 4.69) is 53.7 Å². The Bertz CT molecular complexity index is 461. The van der Waals surface area contributed by atoms with Gasteiger partial charge in [-0.1, -0.05) is 13.0 Å². The molecule has 0 aliphatic carbocycles. The Hall–Kier alpha value is -1.20. The molecule has 5 heteroatoms. The zero-order chi connectivity index (χ0) is 13.0. The van der Waals surface area contributed by atoms with Crippen molar-refractivity contribution < 1.29 is 0 Å². The molecule has 4 nitrogen and oxygen atoms in total. The van der Waals surface area contributed by atoms with E-state index in [0.29, 0.717) is 6.04 Å². The maximum absolute atomic E-state index is 4.44. The number of thiophene rings is 1. The van der Waals surface area contributed by atoms with Gasteiger partial charge in [0, 0.05) is 10.9 Å². The van der Waals surface area contributed by atoms with Crippen molar-refractivity contribution in [2.45, 2.75) is 39.3 Å². The fourth-order valence-corrected chi connectivity index (χ4v) is 2.72. The predicted molar refractivity (Wildman–Crippen MR) is 74.9 cm³/mol. The van der Waals surface area contributed by atoms with Crippen molar-refractivity contribution in [1.82, 2.24) is 20.1 Å². The van der Waals surface area contributed by atoms with Crippen LogP contribution >= 0.6 is 11.3 Å². The van der Waals surface area contributed by atoms with E-state index in [1.807, 2.05) is 4.68 Å². The summed E-state index contributed by atoms with van der Waals surface area (Å²) in [6.07, 6.45) is 2.75. The highest BCUT2D eigenvalue weighted by Gasteiger charge is 2.21. The van der Waals surface area contributed by atoms with E-state index in [0.717, 1.165) is 18.8 Å². The van der Waals surface area contributed by atoms with Gasteiger partial charge >= 0.3 is 0 Å². The molecule has 0 amide bonds. The van der Waals surface area contributed by atoms with Gasteiger partial charge in [-0.3, -0.25) is 0 Å². The van der Waals surface area contributed by atoms with Gasteiger partial charge in [0.25, 0.3) is 0 Å². The fourth-order valence-electron chi connectivity index (χ4n) is 1.93. The molecule has 0 radical (unpaired) electrons. The summed E-state index contributed by atoms with van der Waals surface area (Å²) >= 11 is 1.76. The minimum atomic E-state index is 0.148.